The van der Waals surface area contributed by atoms with Crippen molar-refractivity contribution in [3.05, 3.63) is 0 Å². The summed E-state index contributed by atoms with van der Waals surface area (Å²) in [5.74, 6) is -2.11. The Morgan fingerprint density at radius 1 is 0.917 bits per heavy atom. The predicted octanol–water partition coefficient (Wildman–Crippen LogP) is -0.295. The zero-order valence-corrected chi connectivity index (χ0v) is 14.4. The third-order valence-corrected chi connectivity index (χ3v) is 3.36. The van der Waals surface area contributed by atoms with Crippen molar-refractivity contribution in [2.45, 2.75) is 65.1 Å². The molecular formula is C15H23NO8. The van der Waals surface area contributed by atoms with E-state index in [-0.39, 0.29) is 12.5 Å². The standard InChI is InChI=1S/C15H23NO8/c1-7-13(16-8(2)17)15(24-11(5)20)14(23-10(4)19)12(22-7)6-21-9(3)18/h7,12-15H,6H2,1-5H3,(H,16,17)/t7-,12+,13-,14-,15+/m0/s1. The van der Waals surface area contributed by atoms with Crippen LogP contribution in [0.25, 0.3) is 0 Å². The van der Waals surface area contributed by atoms with Gasteiger partial charge in [0.25, 0.3) is 0 Å². The first-order chi connectivity index (χ1) is 11.1. The minimum absolute atomic E-state index is 0.178. The molecule has 136 valence electrons. The lowest BCUT2D eigenvalue weighted by atomic mass is 9.92. The Morgan fingerprint density at radius 2 is 1.46 bits per heavy atom. The van der Waals surface area contributed by atoms with Crippen molar-refractivity contribution in [1.82, 2.24) is 5.32 Å². The molecule has 0 aromatic rings. The summed E-state index contributed by atoms with van der Waals surface area (Å²) in [5, 5.41) is 2.64. The fourth-order valence-corrected chi connectivity index (χ4v) is 2.56. The summed E-state index contributed by atoms with van der Waals surface area (Å²) in [6.45, 7) is 6.43. The van der Waals surface area contributed by atoms with Crippen LogP contribution < -0.4 is 5.32 Å². The summed E-state index contributed by atoms with van der Waals surface area (Å²) in [6, 6.07) is -0.718. The molecule has 0 aliphatic carbocycles. The summed E-state index contributed by atoms with van der Waals surface area (Å²) in [5.41, 5.74) is 0. The largest absolute Gasteiger partial charge is 0.463 e. The number of nitrogens with one attached hydrogen (secondary N) is 1. The second-order valence-electron chi connectivity index (χ2n) is 5.56. The quantitative estimate of drug-likeness (QED) is 0.533. The van der Waals surface area contributed by atoms with Crippen molar-refractivity contribution in [3.8, 4) is 0 Å². The molecule has 0 radical (unpaired) electrons. The molecule has 1 N–H and O–H groups in total. The van der Waals surface area contributed by atoms with Gasteiger partial charge in [-0.05, 0) is 6.92 Å². The van der Waals surface area contributed by atoms with Crippen LogP contribution in [0.4, 0.5) is 0 Å². The smallest absolute Gasteiger partial charge is 0.303 e. The van der Waals surface area contributed by atoms with Crippen LogP contribution in [0, 0.1) is 0 Å². The third kappa shape index (κ3) is 5.80. The van der Waals surface area contributed by atoms with E-state index in [1.165, 1.54) is 27.7 Å². The van der Waals surface area contributed by atoms with E-state index in [9.17, 15) is 19.2 Å². The number of esters is 3. The summed E-state index contributed by atoms with van der Waals surface area (Å²) < 4.78 is 21.1. The first kappa shape index (κ1) is 19.9. The lowest BCUT2D eigenvalue weighted by Gasteiger charge is -2.44. The fourth-order valence-electron chi connectivity index (χ4n) is 2.56. The van der Waals surface area contributed by atoms with Gasteiger partial charge in [-0.1, -0.05) is 0 Å². The molecular weight excluding hydrogens is 322 g/mol. The summed E-state index contributed by atoms with van der Waals surface area (Å²) >= 11 is 0. The second-order valence-corrected chi connectivity index (χ2v) is 5.56. The highest BCUT2D eigenvalue weighted by atomic mass is 16.6. The van der Waals surface area contributed by atoms with E-state index < -0.39 is 48.4 Å². The lowest BCUT2D eigenvalue weighted by Crippen LogP contribution is -2.65. The van der Waals surface area contributed by atoms with Crippen molar-refractivity contribution < 1.29 is 38.1 Å². The third-order valence-electron chi connectivity index (χ3n) is 3.36. The summed E-state index contributed by atoms with van der Waals surface area (Å²) in [6.07, 6.45) is -3.40. The number of carbonyl (C=O) groups is 4. The minimum Gasteiger partial charge on any atom is -0.463 e. The average molecular weight is 345 g/mol. The Labute approximate surface area is 139 Å². The van der Waals surface area contributed by atoms with Gasteiger partial charge in [0.15, 0.2) is 12.2 Å². The van der Waals surface area contributed by atoms with Crippen molar-refractivity contribution >= 4 is 23.8 Å². The van der Waals surface area contributed by atoms with Gasteiger partial charge in [0.2, 0.25) is 5.91 Å². The monoisotopic (exact) mass is 345 g/mol. The first-order valence-corrected chi connectivity index (χ1v) is 7.52. The molecule has 1 aliphatic heterocycles. The van der Waals surface area contributed by atoms with Gasteiger partial charge in [0, 0.05) is 27.7 Å². The molecule has 0 bridgehead atoms. The van der Waals surface area contributed by atoms with Gasteiger partial charge in [-0.15, -0.1) is 0 Å². The number of carbonyl (C=O) groups excluding carboxylic acids is 4. The Morgan fingerprint density at radius 3 is 1.92 bits per heavy atom. The number of ether oxygens (including phenoxy) is 4. The summed E-state index contributed by atoms with van der Waals surface area (Å²) in [4.78, 5) is 45.3. The van der Waals surface area contributed by atoms with E-state index in [1.807, 2.05) is 0 Å². The number of amides is 1. The van der Waals surface area contributed by atoms with Crippen molar-refractivity contribution in [2.24, 2.45) is 0 Å². The normalized spacial score (nSPS) is 29.3. The molecule has 0 aromatic heterocycles. The molecule has 0 aromatic carbocycles. The molecule has 1 amide bonds. The molecule has 5 atom stereocenters. The number of hydrogen-bond donors (Lipinski definition) is 1. The van der Waals surface area contributed by atoms with Crippen LogP contribution in [0.5, 0.6) is 0 Å². The van der Waals surface area contributed by atoms with Crippen LogP contribution in [0.15, 0.2) is 0 Å². The molecule has 0 saturated carbocycles. The number of rotatable bonds is 5. The highest BCUT2D eigenvalue weighted by Gasteiger charge is 2.49. The van der Waals surface area contributed by atoms with Gasteiger partial charge >= 0.3 is 17.9 Å². The van der Waals surface area contributed by atoms with Crippen LogP contribution >= 0.6 is 0 Å². The molecule has 1 fully saturated rings. The summed E-state index contributed by atoms with van der Waals surface area (Å²) in [7, 11) is 0. The highest BCUT2D eigenvalue weighted by Crippen LogP contribution is 2.26. The Balaban J connectivity index is 3.11. The zero-order valence-electron chi connectivity index (χ0n) is 14.4. The van der Waals surface area contributed by atoms with Crippen molar-refractivity contribution in [3.63, 3.8) is 0 Å². The Hall–Kier alpha value is -2.16. The maximum Gasteiger partial charge on any atom is 0.303 e. The van der Waals surface area contributed by atoms with E-state index in [2.05, 4.69) is 5.32 Å². The van der Waals surface area contributed by atoms with Crippen LogP contribution in [-0.4, -0.2) is 60.9 Å². The Bertz CT molecular complexity index is 506. The SMILES string of the molecule is CC(=O)N[C@@H]1[C@@H](OC(C)=O)[C@@H](OC(C)=O)[C@@H](COC(C)=O)O[C@H]1C. The van der Waals surface area contributed by atoms with Gasteiger partial charge in [-0.3, -0.25) is 19.2 Å². The van der Waals surface area contributed by atoms with E-state index in [0.717, 1.165) is 0 Å². The van der Waals surface area contributed by atoms with Gasteiger partial charge in [0.05, 0.1) is 12.1 Å². The van der Waals surface area contributed by atoms with Gasteiger partial charge in [-0.2, -0.15) is 0 Å². The maximum absolute atomic E-state index is 11.5. The van der Waals surface area contributed by atoms with Gasteiger partial charge in [-0.25, -0.2) is 0 Å². The number of hydrogen-bond acceptors (Lipinski definition) is 8. The molecule has 24 heavy (non-hydrogen) atoms. The molecule has 1 heterocycles. The van der Waals surface area contributed by atoms with Crippen molar-refractivity contribution in [2.75, 3.05) is 6.61 Å². The topological polar surface area (TPSA) is 117 Å². The predicted molar refractivity (Wildman–Crippen MR) is 79.7 cm³/mol. The molecule has 9 nitrogen and oxygen atoms in total. The fraction of sp³-hybridized carbons (Fsp3) is 0.733. The maximum atomic E-state index is 11.5. The van der Waals surface area contributed by atoms with Crippen LogP contribution in [0.2, 0.25) is 0 Å². The van der Waals surface area contributed by atoms with E-state index in [1.54, 1.807) is 6.92 Å². The minimum atomic E-state index is -1.03. The zero-order chi connectivity index (χ0) is 18.4. The molecule has 9 heteroatoms. The molecule has 0 unspecified atom stereocenters. The first-order valence-electron chi connectivity index (χ1n) is 7.52. The van der Waals surface area contributed by atoms with Crippen LogP contribution in [-0.2, 0) is 38.1 Å². The van der Waals surface area contributed by atoms with Gasteiger partial charge < -0.3 is 24.3 Å². The lowest BCUT2D eigenvalue weighted by molar-refractivity contribution is -0.221. The van der Waals surface area contributed by atoms with E-state index in [0.29, 0.717) is 0 Å². The molecule has 1 saturated heterocycles. The van der Waals surface area contributed by atoms with Gasteiger partial charge in [0.1, 0.15) is 12.7 Å². The van der Waals surface area contributed by atoms with Crippen LogP contribution in [0.1, 0.15) is 34.6 Å². The molecule has 0 spiro atoms. The molecule has 1 aliphatic rings. The second kappa shape index (κ2) is 8.62. The van der Waals surface area contributed by atoms with Crippen LogP contribution in [0.3, 0.4) is 0 Å². The average Bonchev–Trinajstić information content (AvgIpc) is 2.42. The van der Waals surface area contributed by atoms with E-state index >= 15 is 0 Å². The molecule has 1 rings (SSSR count). The highest BCUT2D eigenvalue weighted by molar-refractivity contribution is 5.73. The van der Waals surface area contributed by atoms with E-state index in [4.69, 9.17) is 18.9 Å². The Kier molecular flexibility index (Phi) is 7.15. The van der Waals surface area contributed by atoms with Crippen molar-refractivity contribution in [1.29, 1.82) is 0 Å².